The highest BCUT2D eigenvalue weighted by Crippen LogP contribution is 2.32. The summed E-state index contributed by atoms with van der Waals surface area (Å²) in [5, 5.41) is 8.01. The minimum Gasteiger partial charge on any atom is -0.487 e. The Morgan fingerprint density at radius 1 is 1.20 bits per heavy atom. The molecule has 0 radical (unpaired) electrons. The second kappa shape index (κ2) is 12.3. The average Bonchev–Trinajstić information content (AvgIpc) is 2.58. The van der Waals surface area contributed by atoms with Crippen molar-refractivity contribution < 1.29 is 23.8 Å². The summed E-state index contributed by atoms with van der Waals surface area (Å²) in [6.45, 7) is 3.83. The minimum atomic E-state index is -0.580. The number of urea groups is 1. The molecule has 1 rings (SSSR count). The van der Waals surface area contributed by atoms with E-state index in [4.69, 9.17) is 25.8 Å². The van der Waals surface area contributed by atoms with E-state index in [1.165, 1.54) is 7.11 Å². The Bertz CT molecular complexity index is 557. The Balaban J connectivity index is 2.48. The molecule has 9 heteroatoms. The predicted octanol–water partition coefficient (Wildman–Crippen LogP) is 1.64. The maximum Gasteiger partial charge on any atom is 0.321 e. The highest BCUT2D eigenvalue weighted by molar-refractivity contribution is 6.32. The number of anilines is 1. The molecule has 8 nitrogen and oxygen atoms in total. The third-order valence-corrected chi connectivity index (χ3v) is 3.23. The van der Waals surface area contributed by atoms with Crippen molar-refractivity contribution in [2.75, 3.05) is 51.9 Å². The number of para-hydroxylation sites is 1. The lowest BCUT2D eigenvalue weighted by Gasteiger charge is -2.14. The van der Waals surface area contributed by atoms with Gasteiger partial charge in [0.2, 0.25) is 5.91 Å². The lowest BCUT2D eigenvalue weighted by Crippen LogP contribution is -2.43. The van der Waals surface area contributed by atoms with E-state index >= 15 is 0 Å². The number of amides is 3. The smallest absolute Gasteiger partial charge is 0.321 e. The van der Waals surface area contributed by atoms with Gasteiger partial charge in [-0.05, 0) is 19.1 Å². The summed E-state index contributed by atoms with van der Waals surface area (Å²) < 4.78 is 15.6. The van der Waals surface area contributed by atoms with E-state index in [1.807, 2.05) is 6.92 Å². The topological polar surface area (TPSA) is 97.9 Å². The molecule has 0 heterocycles. The van der Waals surface area contributed by atoms with E-state index in [9.17, 15) is 9.59 Å². The summed E-state index contributed by atoms with van der Waals surface area (Å²) in [5.74, 6) is -0.0589. The van der Waals surface area contributed by atoms with Crippen LogP contribution in [0, 0.1) is 0 Å². The third-order valence-electron chi connectivity index (χ3n) is 2.93. The number of ether oxygens (including phenoxy) is 3. The van der Waals surface area contributed by atoms with Crippen molar-refractivity contribution in [3.63, 3.8) is 0 Å². The van der Waals surface area contributed by atoms with Gasteiger partial charge in [-0.25, -0.2) is 4.79 Å². The molecular formula is C16H24ClN3O5. The molecule has 0 aromatic heterocycles. The fraction of sp³-hybridized carbons (Fsp3) is 0.500. The number of benzene rings is 1. The Labute approximate surface area is 152 Å². The van der Waals surface area contributed by atoms with Crippen LogP contribution < -0.4 is 20.7 Å². The summed E-state index contributed by atoms with van der Waals surface area (Å²) in [7, 11) is 1.52. The number of rotatable bonds is 11. The molecule has 0 saturated carbocycles. The highest BCUT2D eigenvalue weighted by atomic mass is 35.5. The molecule has 0 fully saturated rings. The summed E-state index contributed by atoms with van der Waals surface area (Å²) in [6, 6.07) is 4.57. The van der Waals surface area contributed by atoms with Gasteiger partial charge in [0.15, 0.2) is 5.75 Å². The lowest BCUT2D eigenvalue weighted by molar-refractivity contribution is -0.118. The normalized spacial score (nSPS) is 10.2. The van der Waals surface area contributed by atoms with Crippen LogP contribution in [0.1, 0.15) is 6.92 Å². The molecule has 3 N–H and O–H groups in total. The zero-order chi connectivity index (χ0) is 18.5. The van der Waals surface area contributed by atoms with E-state index in [-0.39, 0.29) is 6.54 Å². The first kappa shape index (κ1) is 21.0. The molecule has 0 aliphatic rings. The molecule has 1 aromatic rings. The van der Waals surface area contributed by atoms with Crippen molar-refractivity contribution in [2.45, 2.75) is 6.92 Å². The van der Waals surface area contributed by atoms with Gasteiger partial charge in [-0.15, -0.1) is 0 Å². The molecule has 25 heavy (non-hydrogen) atoms. The van der Waals surface area contributed by atoms with E-state index in [2.05, 4.69) is 16.0 Å². The van der Waals surface area contributed by atoms with Crippen LogP contribution in [0.2, 0.25) is 5.02 Å². The van der Waals surface area contributed by atoms with E-state index in [1.54, 1.807) is 18.2 Å². The van der Waals surface area contributed by atoms with Crippen LogP contribution in [0.4, 0.5) is 10.5 Å². The standard InChI is InChI=1S/C16H24ClN3O5/c1-3-24-9-10-25-15-12(17)5-4-6-13(15)19-11-14(21)20-16(22)18-7-8-23-2/h4-6,19H,3,7-11H2,1-2H3,(H2,18,20,21,22). The van der Waals surface area contributed by atoms with Crippen LogP contribution in [0.15, 0.2) is 18.2 Å². The van der Waals surface area contributed by atoms with Crippen molar-refractivity contribution >= 4 is 29.2 Å². The minimum absolute atomic E-state index is 0.111. The first-order valence-electron chi connectivity index (χ1n) is 7.88. The highest BCUT2D eigenvalue weighted by Gasteiger charge is 2.11. The molecule has 0 atom stereocenters. The van der Waals surface area contributed by atoms with Gasteiger partial charge in [0.05, 0.1) is 30.5 Å². The summed E-state index contributed by atoms with van der Waals surface area (Å²) >= 11 is 6.13. The zero-order valence-electron chi connectivity index (χ0n) is 14.4. The maximum atomic E-state index is 11.8. The number of imide groups is 1. The van der Waals surface area contributed by atoms with Crippen molar-refractivity contribution in [1.29, 1.82) is 0 Å². The monoisotopic (exact) mass is 373 g/mol. The van der Waals surface area contributed by atoms with E-state index in [0.29, 0.717) is 49.4 Å². The molecule has 0 unspecified atom stereocenters. The summed E-state index contributed by atoms with van der Waals surface area (Å²) in [6.07, 6.45) is 0. The van der Waals surface area contributed by atoms with Crippen molar-refractivity contribution in [1.82, 2.24) is 10.6 Å². The molecule has 0 spiro atoms. The van der Waals surface area contributed by atoms with Gasteiger partial charge in [-0.3, -0.25) is 10.1 Å². The Morgan fingerprint density at radius 2 is 2.00 bits per heavy atom. The van der Waals surface area contributed by atoms with Crippen LogP contribution in [0.5, 0.6) is 5.75 Å². The second-order valence-corrected chi connectivity index (χ2v) is 5.22. The largest absolute Gasteiger partial charge is 0.487 e. The van der Waals surface area contributed by atoms with Crippen molar-refractivity contribution in [3.05, 3.63) is 23.2 Å². The van der Waals surface area contributed by atoms with E-state index < -0.39 is 11.9 Å². The fourth-order valence-electron chi connectivity index (χ4n) is 1.80. The number of halogens is 1. The third kappa shape index (κ3) is 8.57. The van der Waals surface area contributed by atoms with E-state index in [0.717, 1.165) is 0 Å². The van der Waals surface area contributed by atoms with Crippen LogP contribution in [0.25, 0.3) is 0 Å². The van der Waals surface area contributed by atoms with Gasteiger partial charge < -0.3 is 24.8 Å². The van der Waals surface area contributed by atoms with Gasteiger partial charge in [-0.1, -0.05) is 17.7 Å². The van der Waals surface area contributed by atoms with Crippen LogP contribution in [-0.4, -0.2) is 58.6 Å². The SMILES string of the molecule is CCOCCOc1c(Cl)cccc1NCC(=O)NC(=O)NCCOC. The van der Waals surface area contributed by atoms with Crippen LogP contribution in [0.3, 0.4) is 0 Å². The van der Waals surface area contributed by atoms with Gasteiger partial charge in [0.25, 0.3) is 0 Å². The number of carbonyl (C=O) groups is 2. The number of hydrogen-bond acceptors (Lipinski definition) is 6. The lowest BCUT2D eigenvalue weighted by atomic mass is 10.3. The van der Waals surface area contributed by atoms with Gasteiger partial charge in [0.1, 0.15) is 6.61 Å². The number of carbonyl (C=O) groups excluding carboxylic acids is 2. The second-order valence-electron chi connectivity index (χ2n) is 4.81. The number of hydrogen-bond donors (Lipinski definition) is 3. The first-order chi connectivity index (χ1) is 12.1. The van der Waals surface area contributed by atoms with Crippen molar-refractivity contribution in [3.8, 4) is 5.75 Å². The molecule has 0 aliphatic carbocycles. The summed E-state index contributed by atoms with van der Waals surface area (Å²) in [4.78, 5) is 23.3. The maximum absolute atomic E-state index is 11.8. The van der Waals surface area contributed by atoms with Crippen LogP contribution in [-0.2, 0) is 14.3 Å². The molecule has 0 aliphatic heterocycles. The molecular weight excluding hydrogens is 350 g/mol. The zero-order valence-corrected chi connectivity index (χ0v) is 15.1. The van der Waals surface area contributed by atoms with Gasteiger partial charge >= 0.3 is 6.03 Å². The number of nitrogens with one attached hydrogen (secondary N) is 3. The summed E-state index contributed by atoms with van der Waals surface area (Å²) in [5.41, 5.74) is 0.555. The Morgan fingerprint density at radius 3 is 2.72 bits per heavy atom. The van der Waals surface area contributed by atoms with Gasteiger partial charge in [-0.2, -0.15) is 0 Å². The van der Waals surface area contributed by atoms with Gasteiger partial charge in [0, 0.05) is 20.3 Å². The molecule has 3 amide bonds. The van der Waals surface area contributed by atoms with Crippen molar-refractivity contribution in [2.24, 2.45) is 0 Å². The Hall–Kier alpha value is -2.03. The average molecular weight is 374 g/mol. The molecule has 0 bridgehead atoms. The molecule has 1 aromatic carbocycles. The fourth-order valence-corrected chi connectivity index (χ4v) is 2.03. The number of methoxy groups -OCH3 is 1. The first-order valence-corrected chi connectivity index (χ1v) is 8.25. The van der Waals surface area contributed by atoms with Crippen LogP contribution >= 0.6 is 11.6 Å². The molecule has 0 saturated heterocycles. The molecule has 140 valence electrons. The predicted molar refractivity (Wildman–Crippen MR) is 95.3 cm³/mol. The Kier molecular flexibility index (Phi) is 10.4. The quantitative estimate of drug-likeness (QED) is 0.510.